The standard InChI is InChI=1S/C61H65Cl3FN5O8/c1-39(2)30-47-37-69(38-53(41-13-15-43(62)16-14-41)70(47)46-20-17-44(63)18-21-46)58(73)34-48(71)8-6-24-76-26-28-78-29-27-77-25-7-10-54(72)50-22-12-40(31-56(50)75-4)32-57-66-35-42-36-67-61(59-52(65)9-5-11-55(59)74-3)51-33-45(64)19-23-49(51)60(42)68-57/h5,9,11-23,31,33,35,39,47,53H,6-8,10,24-30,32,34,36-38H2,1-4H3/t47-,53-/m0/s1. The highest BCUT2D eigenvalue weighted by Crippen LogP contribution is 2.39. The molecule has 1 saturated heterocycles. The molecule has 0 spiro atoms. The predicted molar refractivity (Wildman–Crippen MR) is 303 cm³/mol. The van der Waals surface area contributed by atoms with Crippen LogP contribution in [0.4, 0.5) is 10.1 Å². The van der Waals surface area contributed by atoms with E-state index in [2.05, 4.69) is 23.7 Å². The second-order valence-electron chi connectivity index (χ2n) is 19.8. The number of nitrogens with zero attached hydrogens (tertiary/aromatic N) is 5. The second-order valence-corrected chi connectivity index (χ2v) is 21.1. The first-order valence-electron chi connectivity index (χ1n) is 26.3. The molecule has 1 amide bonds. The molecule has 1 fully saturated rings. The lowest BCUT2D eigenvalue weighted by molar-refractivity contribution is -0.136. The average Bonchev–Trinajstić information content (AvgIpc) is 3.58. The van der Waals surface area contributed by atoms with Gasteiger partial charge in [0.15, 0.2) is 5.78 Å². The van der Waals surface area contributed by atoms with Crippen molar-refractivity contribution in [2.24, 2.45) is 10.9 Å². The number of anilines is 1. The van der Waals surface area contributed by atoms with Gasteiger partial charge in [0.05, 0.1) is 82.2 Å². The lowest BCUT2D eigenvalue weighted by Gasteiger charge is -2.49. The maximum atomic E-state index is 15.4. The Hall–Kier alpha value is -6.26. The molecule has 2 aliphatic rings. The SMILES string of the molecule is COc1cc(Cc2ncc3c(n2)-c2ccc(Cl)cc2C(c2c(F)cccc2OC)=NC3)ccc1C(=O)CCCOCCOCCOCCCC(=O)CC(=O)N1C[C@H](CC(C)C)N(c2ccc(Cl)cc2)[C@H](c2ccc(Cl)cc2)C1. The molecule has 2 aliphatic heterocycles. The summed E-state index contributed by atoms with van der Waals surface area (Å²) < 4.78 is 43.7. The summed E-state index contributed by atoms with van der Waals surface area (Å²) in [6.07, 6.45) is 4.36. The Morgan fingerprint density at radius 1 is 0.731 bits per heavy atom. The Morgan fingerprint density at radius 3 is 2.09 bits per heavy atom. The first-order chi connectivity index (χ1) is 37.8. The molecule has 2 atom stereocenters. The summed E-state index contributed by atoms with van der Waals surface area (Å²) in [5, 5.41) is 1.77. The van der Waals surface area contributed by atoms with Gasteiger partial charge in [0.25, 0.3) is 0 Å². The molecule has 0 aliphatic carbocycles. The maximum absolute atomic E-state index is 15.4. The number of ketones is 2. The maximum Gasteiger partial charge on any atom is 0.230 e. The molecule has 0 N–H and O–H groups in total. The van der Waals surface area contributed by atoms with E-state index in [9.17, 15) is 14.4 Å². The van der Waals surface area contributed by atoms with Gasteiger partial charge in [0.2, 0.25) is 5.91 Å². The van der Waals surface area contributed by atoms with Crippen LogP contribution in [-0.4, -0.2) is 111 Å². The minimum Gasteiger partial charge on any atom is -0.496 e. The Balaban J connectivity index is 0.720. The van der Waals surface area contributed by atoms with Gasteiger partial charge in [-0.1, -0.05) is 79.0 Å². The molecular formula is C61H65Cl3FN5O8. The molecule has 0 bridgehead atoms. The van der Waals surface area contributed by atoms with Crippen LogP contribution in [0.2, 0.25) is 15.1 Å². The summed E-state index contributed by atoms with van der Waals surface area (Å²) in [5.74, 6) is 0.935. The molecule has 0 saturated carbocycles. The molecule has 6 aromatic rings. The van der Waals surface area contributed by atoms with Crippen LogP contribution in [0.1, 0.15) is 102 Å². The van der Waals surface area contributed by atoms with Gasteiger partial charge in [-0.2, -0.15) is 0 Å². The van der Waals surface area contributed by atoms with Gasteiger partial charge in [-0.25, -0.2) is 14.4 Å². The van der Waals surface area contributed by atoms with Crippen LogP contribution < -0.4 is 14.4 Å². The fourth-order valence-electron chi connectivity index (χ4n) is 10.0. The lowest BCUT2D eigenvalue weighted by atomic mass is 9.92. The zero-order chi connectivity index (χ0) is 55.1. The summed E-state index contributed by atoms with van der Waals surface area (Å²) >= 11 is 19.0. The minimum absolute atomic E-state index is 0.0280. The summed E-state index contributed by atoms with van der Waals surface area (Å²) in [6, 6.07) is 31.0. The molecule has 1 aromatic heterocycles. The van der Waals surface area contributed by atoms with Crippen LogP contribution in [0.3, 0.4) is 0 Å². The van der Waals surface area contributed by atoms with E-state index in [0.29, 0.717) is 133 Å². The van der Waals surface area contributed by atoms with Crippen molar-refractivity contribution in [3.63, 3.8) is 0 Å². The van der Waals surface area contributed by atoms with Crippen molar-refractivity contribution in [2.75, 3.05) is 71.9 Å². The van der Waals surface area contributed by atoms with E-state index >= 15 is 4.39 Å². The molecule has 5 aromatic carbocycles. The summed E-state index contributed by atoms with van der Waals surface area (Å²) in [7, 11) is 3.03. The number of hydrogen-bond donors (Lipinski definition) is 0. The van der Waals surface area contributed by atoms with Crippen molar-refractivity contribution < 1.29 is 42.5 Å². The van der Waals surface area contributed by atoms with E-state index in [-0.39, 0.29) is 60.9 Å². The van der Waals surface area contributed by atoms with Gasteiger partial charge in [0, 0.05) is 95.3 Å². The zero-order valence-corrected chi connectivity index (χ0v) is 46.7. The van der Waals surface area contributed by atoms with Gasteiger partial charge in [-0.05, 0) is 109 Å². The summed E-state index contributed by atoms with van der Waals surface area (Å²) in [4.78, 5) is 58.8. The van der Waals surface area contributed by atoms with Crippen molar-refractivity contribution in [1.29, 1.82) is 0 Å². The van der Waals surface area contributed by atoms with E-state index in [4.69, 9.17) is 68.5 Å². The van der Waals surface area contributed by atoms with Gasteiger partial charge in [-0.3, -0.25) is 19.4 Å². The smallest absolute Gasteiger partial charge is 0.230 e. The number of hydrogen-bond acceptors (Lipinski definition) is 12. The second kappa shape index (κ2) is 28.1. The minimum atomic E-state index is -0.464. The van der Waals surface area contributed by atoms with Crippen molar-refractivity contribution in [3.05, 3.63) is 169 Å². The van der Waals surface area contributed by atoms with Crippen LogP contribution in [0.5, 0.6) is 11.5 Å². The first kappa shape index (κ1) is 57.9. The molecule has 3 heterocycles. The number of aromatic nitrogens is 2. The van der Waals surface area contributed by atoms with Gasteiger partial charge >= 0.3 is 0 Å². The number of Topliss-reactive ketones (excluding diaryl/α,β-unsaturated/α-hetero) is 2. The number of piperazine rings is 1. The molecule has 410 valence electrons. The van der Waals surface area contributed by atoms with Crippen LogP contribution in [0.25, 0.3) is 11.3 Å². The molecule has 78 heavy (non-hydrogen) atoms. The fourth-order valence-corrected chi connectivity index (χ4v) is 10.5. The Bertz CT molecular complexity index is 3070. The van der Waals surface area contributed by atoms with Gasteiger partial charge in [-0.15, -0.1) is 0 Å². The number of benzene rings is 5. The van der Waals surface area contributed by atoms with E-state index in [1.54, 1.807) is 36.5 Å². The van der Waals surface area contributed by atoms with E-state index in [1.165, 1.54) is 20.3 Å². The highest BCUT2D eigenvalue weighted by atomic mass is 35.5. The van der Waals surface area contributed by atoms with Crippen molar-refractivity contribution in [3.8, 4) is 22.8 Å². The number of halogens is 4. The number of aliphatic imine (C=N–C) groups is 1. The number of amides is 1. The van der Waals surface area contributed by atoms with E-state index in [1.807, 2.05) is 71.6 Å². The van der Waals surface area contributed by atoms with E-state index in [0.717, 1.165) is 34.4 Å². The largest absolute Gasteiger partial charge is 0.496 e. The number of fused-ring (bicyclic) bond motifs is 3. The van der Waals surface area contributed by atoms with Crippen molar-refractivity contribution in [2.45, 2.75) is 77.4 Å². The number of methoxy groups -OCH3 is 2. The highest BCUT2D eigenvalue weighted by Gasteiger charge is 2.38. The molecule has 8 rings (SSSR count). The third kappa shape index (κ3) is 15.1. The molecule has 0 unspecified atom stereocenters. The third-order valence-corrected chi connectivity index (χ3v) is 14.5. The van der Waals surface area contributed by atoms with Crippen molar-refractivity contribution in [1.82, 2.24) is 14.9 Å². The topological polar surface area (TPSA) is 142 Å². The Morgan fingerprint density at radius 2 is 1.40 bits per heavy atom. The number of ether oxygens (including phenoxy) is 5. The number of carbonyl (C=O) groups excluding carboxylic acids is 3. The van der Waals surface area contributed by atoms with Crippen LogP contribution in [0, 0.1) is 11.7 Å². The first-order valence-corrected chi connectivity index (χ1v) is 27.5. The molecule has 0 radical (unpaired) electrons. The van der Waals surface area contributed by atoms with Gasteiger partial charge in [0.1, 0.15) is 28.9 Å². The highest BCUT2D eigenvalue weighted by molar-refractivity contribution is 6.32. The Labute approximate surface area is 471 Å². The molecule has 17 heteroatoms. The number of carbonyl (C=O) groups is 3. The fraction of sp³-hybridized carbons (Fsp3) is 0.377. The van der Waals surface area contributed by atoms with Crippen molar-refractivity contribution >= 4 is 63.7 Å². The molecular weight excluding hydrogens is 1060 g/mol. The molecule has 13 nitrogen and oxygen atoms in total. The van der Waals surface area contributed by atoms with Crippen LogP contribution in [0.15, 0.2) is 114 Å². The predicted octanol–water partition coefficient (Wildman–Crippen LogP) is 12.5. The lowest BCUT2D eigenvalue weighted by Crippen LogP contribution is -2.57. The Kier molecular flexibility index (Phi) is 20.8. The summed E-state index contributed by atoms with van der Waals surface area (Å²) in [6.45, 7) is 7.74. The van der Waals surface area contributed by atoms with E-state index < -0.39 is 5.82 Å². The van der Waals surface area contributed by atoms with Crippen LogP contribution in [-0.2, 0) is 36.8 Å². The zero-order valence-electron chi connectivity index (χ0n) is 44.5. The number of rotatable bonds is 26. The average molecular weight is 1120 g/mol. The van der Waals surface area contributed by atoms with Gasteiger partial charge < -0.3 is 33.5 Å². The quantitative estimate of drug-likeness (QED) is 0.0291. The third-order valence-electron chi connectivity index (χ3n) is 13.7. The normalized spacial score (nSPS) is 15.1. The van der Waals surface area contributed by atoms with Crippen LogP contribution >= 0.6 is 34.8 Å². The monoisotopic (exact) mass is 1120 g/mol. The summed E-state index contributed by atoms with van der Waals surface area (Å²) in [5.41, 5.74) is 6.87.